The largest absolute Gasteiger partial charge is 0.462 e. The molecule has 0 radical (unpaired) electrons. The highest BCUT2D eigenvalue weighted by Gasteiger charge is 2.15. The average molecular weight is 404 g/mol. The predicted molar refractivity (Wildman–Crippen MR) is 89.5 cm³/mol. The number of unbranched alkanes of at least 4 members (excludes halogenated alkanes) is 2. The molecule has 0 bridgehead atoms. The van der Waals surface area contributed by atoms with Crippen LogP contribution in [0.4, 0.5) is 0 Å². The summed E-state index contributed by atoms with van der Waals surface area (Å²) >= 11 is 2.06. The van der Waals surface area contributed by atoms with E-state index in [1.165, 1.54) is 0 Å². The lowest BCUT2D eigenvalue weighted by atomic mass is 10.1. The lowest BCUT2D eigenvalue weighted by Crippen LogP contribution is -2.11. The van der Waals surface area contributed by atoms with Crippen molar-refractivity contribution in [1.82, 2.24) is 0 Å². The van der Waals surface area contributed by atoms with Crippen LogP contribution in [-0.2, 0) is 9.47 Å². The number of ether oxygens (including phenoxy) is 2. The predicted octanol–water partition coefficient (Wildman–Crippen LogP) is 4.21. The number of esters is 2. The van der Waals surface area contributed by atoms with Gasteiger partial charge in [-0.1, -0.05) is 26.7 Å². The van der Waals surface area contributed by atoms with E-state index in [0.29, 0.717) is 24.3 Å². The van der Waals surface area contributed by atoms with E-state index < -0.39 is 11.9 Å². The van der Waals surface area contributed by atoms with Crippen LogP contribution in [0.3, 0.4) is 0 Å². The molecule has 1 rings (SSSR count). The maximum absolute atomic E-state index is 12.0. The topological polar surface area (TPSA) is 52.6 Å². The summed E-state index contributed by atoms with van der Waals surface area (Å²) in [6.45, 7) is 4.86. The van der Waals surface area contributed by atoms with Crippen molar-refractivity contribution in [3.8, 4) is 0 Å². The summed E-state index contributed by atoms with van der Waals surface area (Å²) in [5, 5.41) is 0. The lowest BCUT2D eigenvalue weighted by Gasteiger charge is -2.08. The van der Waals surface area contributed by atoms with Crippen LogP contribution >= 0.6 is 22.6 Å². The van der Waals surface area contributed by atoms with Crippen molar-refractivity contribution in [2.45, 2.75) is 39.5 Å². The fourth-order valence-corrected chi connectivity index (χ4v) is 2.14. The molecule has 0 saturated heterocycles. The van der Waals surface area contributed by atoms with E-state index >= 15 is 0 Å². The summed E-state index contributed by atoms with van der Waals surface area (Å²) in [5.74, 6) is -0.793. The minimum absolute atomic E-state index is 0.383. The molecular formula is C16H21IO4. The Bertz CT molecular complexity index is 485. The standard InChI is InChI=1S/C16H21IO4/c1-3-5-9-20-15(18)12-7-8-14(17)13(11-12)16(19)21-10-6-4-2/h7-8,11H,3-6,9-10H2,1-2H3. The van der Waals surface area contributed by atoms with Gasteiger partial charge in [0.2, 0.25) is 0 Å². The third-order valence-corrected chi connectivity index (χ3v) is 3.82. The van der Waals surface area contributed by atoms with Crippen LogP contribution < -0.4 is 0 Å². The third kappa shape index (κ3) is 6.03. The van der Waals surface area contributed by atoms with E-state index in [1.807, 2.05) is 13.8 Å². The summed E-state index contributed by atoms with van der Waals surface area (Å²) in [5.41, 5.74) is 0.797. The van der Waals surface area contributed by atoms with Gasteiger partial charge in [-0.25, -0.2) is 9.59 Å². The second-order valence-corrected chi connectivity index (χ2v) is 5.84. The van der Waals surface area contributed by atoms with Gasteiger partial charge in [-0.3, -0.25) is 0 Å². The molecule has 116 valence electrons. The van der Waals surface area contributed by atoms with Crippen LogP contribution in [0.15, 0.2) is 18.2 Å². The van der Waals surface area contributed by atoms with Gasteiger partial charge in [0.05, 0.1) is 24.3 Å². The first-order valence-corrected chi connectivity index (χ1v) is 8.31. The van der Waals surface area contributed by atoms with Crippen molar-refractivity contribution in [3.05, 3.63) is 32.9 Å². The zero-order valence-electron chi connectivity index (χ0n) is 12.5. The Balaban J connectivity index is 2.74. The highest BCUT2D eigenvalue weighted by Crippen LogP contribution is 2.17. The molecule has 0 amide bonds. The fraction of sp³-hybridized carbons (Fsp3) is 0.500. The maximum atomic E-state index is 12.0. The van der Waals surface area contributed by atoms with E-state index in [9.17, 15) is 9.59 Å². The van der Waals surface area contributed by atoms with Gasteiger partial charge in [0, 0.05) is 3.57 Å². The molecule has 0 heterocycles. The molecule has 0 aliphatic rings. The van der Waals surface area contributed by atoms with E-state index in [2.05, 4.69) is 22.6 Å². The van der Waals surface area contributed by atoms with Crippen LogP contribution in [0, 0.1) is 3.57 Å². The van der Waals surface area contributed by atoms with E-state index in [4.69, 9.17) is 9.47 Å². The molecular weight excluding hydrogens is 383 g/mol. The van der Waals surface area contributed by atoms with Gasteiger partial charge in [-0.05, 0) is 53.6 Å². The van der Waals surface area contributed by atoms with Crippen LogP contribution in [0.1, 0.15) is 60.2 Å². The van der Waals surface area contributed by atoms with E-state index in [1.54, 1.807) is 18.2 Å². The van der Waals surface area contributed by atoms with Gasteiger partial charge >= 0.3 is 11.9 Å². The number of carbonyl (C=O) groups excluding carboxylic acids is 2. The highest BCUT2D eigenvalue weighted by atomic mass is 127. The normalized spacial score (nSPS) is 10.2. The van der Waals surface area contributed by atoms with Gasteiger partial charge in [0.25, 0.3) is 0 Å². The molecule has 1 aromatic carbocycles. The molecule has 0 aromatic heterocycles. The number of hydrogen-bond donors (Lipinski definition) is 0. The summed E-state index contributed by atoms with van der Waals surface area (Å²) in [4.78, 5) is 23.9. The van der Waals surface area contributed by atoms with Gasteiger partial charge in [-0.2, -0.15) is 0 Å². The molecule has 21 heavy (non-hydrogen) atoms. The van der Waals surface area contributed by atoms with Crippen molar-refractivity contribution >= 4 is 34.5 Å². The summed E-state index contributed by atoms with van der Waals surface area (Å²) in [7, 11) is 0. The van der Waals surface area contributed by atoms with Crippen molar-refractivity contribution < 1.29 is 19.1 Å². The summed E-state index contributed by atoms with van der Waals surface area (Å²) in [6.07, 6.45) is 3.60. The van der Waals surface area contributed by atoms with Crippen LogP contribution in [0.5, 0.6) is 0 Å². The second kappa shape index (κ2) is 9.76. The number of carbonyl (C=O) groups is 2. The first-order valence-electron chi connectivity index (χ1n) is 7.24. The smallest absolute Gasteiger partial charge is 0.339 e. The quantitative estimate of drug-likeness (QED) is 0.370. The van der Waals surface area contributed by atoms with E-state index in [0.717, 1.165) is 29.3 Å². The van der Waals surface area contributed by atoms with Gasteiger partial charge in [0.1, 0.15) is 0 Å². The van der Waals surface area contributed by atoms with Gasteiger partial charge < -0.3 is 9.47 Å². The molecule has 5 heteroatoms. The Morgan fingerprint density at radius 3 is 2.14 bits per heavy atom. The molecule has 4 nitrogen and oxygen atoms in total. The van der Waals surface area contributed by atoms with Crippen molar-refractivity contribution in [3.63, 3.8) is 0 Å². The zero-order chi connectivity index (χ0) is 15.7. The minimum atomic E-state index is -0.401. The monoisotopic (exact) mass is 404 g/mol. The Morgan fingerprint density at radius 1 is 1.00 bits per heavy atom. The maximum Gasteiger partial charge on any atom is 0.339 e. The molecule has 0 unspecified atom stereocenters. The Kier molecular flexibility index (Phi) is 8.34. The molecule has 0 aliphatic carbocycles. The van der Waals surface area contributed by atoms with Crippen LogP contribution in [0.2, 0.25) is 0 Å². The van der Waals surface area contributed by atoms with Crippen LogP contribution in [0.25, 0.3) is 0 Å². The minimum Gasteiger partial charge on any atom is -0.462 e. The molecule has 0 saturated carbocycles. The molecule has 0 fully saturated rings. The molecule has 1 aromatic rings. The number of halogens is 1. The van der Waals surface area contributed by atoms with E-state index in [-0.39, 0.29) is 0 Å². The Morgan fingerprint density at radius 2 is 1.57 bits per heavy atom. The van der Waals surface area contributed by atoms with Crippen molar-refractivity contribution in [2.24, 2.45) is 0 Å². The van der Waals surface area contributed by atoms with Gasteiger partial charge in [0.15, 0.2) is 0 Å². The Hall–Kier alpha value is -1.11. The second-order valence-electron chi connectivity index (χ2n) is 4.67. The van der Waals surface area contributed by atoms with Crippen LogP contribution in [-0.4, -0.2) is 25.2 Å². The number of benzene rings is 1. The molecule has 0 spiro atoms. The van der Waals surface area contributed by atoms with Crippen molar-refractivity contribution in [2.75, 3.05) is 13.2 Å². The highest BCUT2D eigenvalue weighted by molar-refractivity contribution is 14.1. The molecule has 0 aliphatic heterocycles. The van der Waals surface area contributed by atoms with Crippen molar-refractivity contribution in [1.29, 1.82) is 0 Å². The number of hydrogen-bond acceptors (Lipinski definition) is 4. The third-order valence-electron chi connectivity index (χ3n) is 2.88. The fourth-order valence-electron chi connectivity index (χ4n) is 1.59. The van der Waals surface area contributed by atoms with Gasteiger partial charge in [-0.15, -0.1) is 0 Å². The number of rotatable bonds is 8. The zero-order valence-corrected chi connectivity index (χ0v) is 14.6. The molecule has 0 atom stereocenters. The summed E-state index contributed by atoms with van der Waals surface area (Å²) in [6, 6.07) is 4.94. The Labute approximate surface area is 139 Å². The first-order chi connectivity index (χ1) is 10.1. The lowest BCUT2D eigenvalue weighted by molar-refractivity contribution is 0.0497. The molecule has 0 N–H and O–H groups in total. The average Bonchev–Trinajstić information content (AvgIpc) is 2.48. The SMILES string of the molecule is CCCCOC(=O)c1ccc(I)c(C(=O)OCCCC)c1. The summed E-state index contributed by atoms with van der Waals surface area (Å²) < 4.78 is 11.1. The first kappa shape index (κ1) is 17.9.